The van der Waals surface area contributed by atoms with Crippen LogP contribution in [0.2, 0.25) is 0 Å². The summed E-state index contributed by atoms with van der Waals surface area (Å²) in [7, 11) is -3.68. The Kier molecular flexibility index (Phi) is 8.72. The number of amides is 1. The highest BCUT2D eigenvalue weighted by molar-refractivity contribution is 7.89. The van der Waals surface area contributed by atoms with Gasteiger partial charge in [-0.15, -0.1) is 0 Å². The number of hydrogen-bond acceptors (Lipinski definition) is 5. The number of piperazine rings is 1. The van der Waals surface area contributed by atoms with Crippen LogP contribution in [0.1, 0.15) is 37.8 Å². The van der Waals surface area contributed by atoms with Crippen LogP contribution in [0.3, 0.4) is 0 Å². The minimum absolute atomic E-state index is 0.0348. The SMILES string of the molecule is Cc1ccc(S(=O)(=O)N(CCC(=O)N2CCNCC2)CCN2C[C@H](C)C[C@@H](C)C2)c(C)c1. The fourth-order valence-corrected chi connectivity index (χ4v) is 6.74. The highest BCUT2D eigenvalue weighted by Gasteiger charge is 2.29. The molecule has 1 amide bonds. The molecule has 1 N–H and O–H groups in total. The molecule has 8 heteroatoms. The van der Waals surface area contributed by atoms with Crippen LogP contribution in [0.15, 0.2) is 23.1 Å². The zero-order valence-corrected chi connectivity index (χ0v) is 21.0. The van der Waals surface area contributed by atoms with Crippen molar-refractivity contribution in [1.29, 1.82) is 0 Å². The molecule has 0 aliphatic carbocycles. The molecule has 2 atom stereocenters. The molecule has 3 rings (SSSR count). The van der Waals surface area contributed by atoms with Crippen molar-refractivity contribution in [2.24, 2.45) is 11.8 Å². The van der Waals surface area contributed by atoms with Crippen LogP contribution in [0, 0.1) is 25.7 Å². The zero-order valence-electron chi connectivity index (χ0n) is 20.1. The van der Waals surface area contributed by atoms with E-state index in [1.807, 2.05) is 30.9 Å². The molecule has 2 heterocycles. The van der Waals surface area contributed by atoms with Crippen LogP contribution in [-0.2, 0) is 14.8 Å². The second kappa shape index (κ2) is 11.1. The lowest BCUT2D eigenvalue weighted by atomic mass is 9.92. The number of carbonyl (C=O) groups is 1. The molecular weight excluding hydrogens is 424 g/mol. The van der Waals surface area contributed by atoms with Crippen LogP contribution >= 0.6 is 0 Å². The van der Waals surface area contributed by atoms with Gasteiger partial charge in [0.15, 0.2) is 0 Å². The maximum atomic E-state index is 13.6. The molecule has 1 aromatic carbocycles. The summed E-state index contributed by atoms with van der Waals surface area (Å²) in [4.78, 5) is 17.3. The maximum Gasteiger partial charge on any atom is 0.243 e. The molecule has 0 spiro atoms. The van der Waals surface area contributed by atoms with Crippen molar-refractivity contribution in [3.8, 4) is 0 Å². The van der Waals surface area contributed by atoms with Gasteiger partial charge < -0.3 is 15.1 Å². The van der Waals surface area contributed by atoms with Gasteiger partial charge in [-0.05, 0) is 43.7 Å². The Balaban J connectivity index is 1.74. The van der Waals surface area contributed by atoms with E-state index in [1.54, 1.807) is 6.07 Å². The van der Waals surface area contributed by atoms with E-state index in [0.717, 1.165) is 37.3 Å². The molecule has 7 nitrogen and oxygen atoms in total. The van der Waals surface area contributed by atoms with E-state index in [1.165, 1.54) is 10.7 Å². The molecule has 0 saturated carbocycles. The van der Waals surface area contributed by atoms with E-state index in [9.17, 15) is 13.2 Å². The first kappa shape index (κ1) is 25.1. The van der Waals surface area contributed by atoms with Gasteiger partial charge in [-0.3, -0.25) is 4.79 Å². The number of sulfonamides is 1. The average molecular weight is 465 g/mol. The van der Waals surface area contributed by atoms with E-state index in [2.05, 4.69) is 24.1 Å². The smallest absolute Gasteiger partial charge is 0.243 e. The Hall–Kier alpha value is -1.48. The summed E-state index contributed by atoms with van der Waals surface area (Å²) in [5, 5.41) is 3.25. The quantitative estimate of drug-likeness (QED) is 0.638. The average Bonchev–Trinajstić information content (AvgIpc) is 2.73. The van der Waals surface area contributed by atoms with Crippen LogP contribution in [0.4, 0.5) is 0 Å². The van der Waals surface area contributed by atoms with Crippen molar-refractivity contribution < 1.29 is 13.2 Å². The predicted octanol–water partition coefficient (Wildman–Crippen LogP) is 2.09. The Morgan fingerprint density at radius 1 is 1.09 bits per heavy atom. The molecule has 0 aromatic heterocycles. The van der Waals surface area contributed by atoms with Gasteiger partial charge in [0.2, 0.25) is 15.9 Å². The summed E-state index contributed by atoms with van der Waals surface area (Å²) in [5.41, 5.74) is 1.79. The van der Waals surface area contributed by atoms with Gasteiger partial charge in [-0.25, -0.2) is 8.42 Å². The van der Waals surface area contributed by atoms with Gasteiger partial charge >= 0.3 is 0 Å². The number of hydrogen-bond donors (Lipinski definition) is 1. The highest BCUT2D eigenvalue weighted by Crippen LogP contribution is 2.23. The topological polar surface area (TPSA) is 73.0 Å². The summed E-state index contributed by atoms with van der Waals surface area (Å²) in [6.45, 7) is 14.6. The first-order valence-electron chi connectivity index (χ1n) is 11.9. The summed E-state index contributed by atoms with van der Waals surface area (Å²) >= 11 is 0. The lowest BCUT2D eigenvalue weighted by Gasteiger charge is -2.36. The molecule has 0 bridgehead atoms. The Morgan fingerprint density at radius 2 is 1.75 bits per heavy atom. The van der Waals surface area contributed by atoms with Crippen molar-refractivity contribution in [2.75, 3.05) is 58.9 Å². The van der Waals surface area contributed by atoms with Crippen LogP contribution in [0.25, 0.3) is 0 Å². The predicted molar refractivity (Wildman–Crippen MR) is 128 cm³/mol. The molecule has 2 saturated heterocycles. The fraction of sp³-hybridized carbons (Fsp3) is 0.708. The van der Waals surface area contributed by atoms with Gasteiger partial charge in [0.25, 0.3) is 0 Å². The van der Waals surface area contributed by atoms with Crippen LogP contribution in [-0.4, -0.2) is 87.3 Å². The first-order chi connectivity index (χ1) is 15.2. The third kappa shape index (κ3) is 6.53. The molecule has 32 heavy (non-hydrogen) atoms. The Bertz CT molecular complexity index is 873. The van der Waals surface area contributed by atoms with E-state index in [-0.39, 0.29) is 18.9 Å². The standard InChI is InChI=1S/C24H40N4O3S/c1-19-5-6-23(22(4)16-19)32(30,31)28(10-7-24(29)27-11-8-25-9-12-27)14-13-26-17-20(2)15-21(3)18-26/h5-6,16,20-21,25H,7-15,17-18H2,1-4H3/t20-,21-/m1/s1. The highest BCUT2D eigenvalue weighted by atomic mass is 32.2. The Labute approximate surface area is 194 Å². The van der Waals surface area contributed by atoms with E-state index < -0.39 is 10.0 Å². The van der Waals surface area contributed by atoms with Gasteiger partial charge in [0.1, 0.15) is 0 Å². The third-order valence-electron chi connectivity index (χ3n) is 6.60. The van der Waals surface area contributed by atoms with Crippen LogP contribution in [0.5, 0.6) is 0 Å². The number of nitrogens with zero attached hydrogens (tertiary/aromatic N) is 3. The number of benzene rings is 1. The summed E-state index contributed by atoms with van der Waals surface area (Å²) in [6, 6.07) is 5.46. The molecular formula is C24H40N4O3S. The molecule has 1 aromatic rings. The van der Waals surface area contributed by atoms with Gasteiger partial charge in [-0.2, -0.15) is 4.31 Å². The largest absolute Gasteiger partial charge is 0.340 e. The van der Waals surface area contributed by atoms with E-state index in [0.29, 0.717) is 42.9 Å². The summed E-state index contributed by atoms with van der Waals surface area (Å²) < 4.78 is 28.8. The molecule has 2 aliphatic rings. The number of piperidine rings is 1. The number of nitrogens with one attached hydrogen (secondary N) is 1. The van der Waals surface area contributed by atoms with Gasteiger partial charge in [0.05, 0.1) is 4.90 Å². The van der Waals surface area contributed by atoms with Crippen molar-refractivity contribution >= 4 is 15.9 Å². The van der Waals surface area contributed by atoms with E-state index >= 15 is 0 Å². The number of carbonyl (C=O) groups excluding carboxylic acids is 1. The van der Waals surface area contributed by atoms with Crippen molar-refractivity contribution in [3.05, 3.63) is 29.3 Å². The summed E-state index contributed by atoms with van der Waals surface area (Å²) in [5.74, 6) is 1.28. The van der Waals surface area contributed by atoms with Crippen molar-refractivity contribution in [3.63, 3.8) is 0 Å². The minimum atomic E-state index is -3.68. The maximum absolute atomic E-state index is 13.6. The number of likely N-dealkylation sites (tertiary alicyclic amines) is 1. The summed E-state index contributed by atoms with van der Waals surface area (Å²) in [6.07, 6.45) is 1.44. The number of aryl methyl sites for hydroxylation is 2. The van der Waals surface area contributed by atoms with Crippen LogP contribution < -0.4 is 5.32 Å². The molecule has 0 radical (unpaired) electrons. The lowest BCUT2D eigenvalue weighted by molar-refractivity contribution is -0.131. The molecule has 2 fully saturated rings. The monoisotopic (exact) mass is 464 g/mol. The van der Waals surface area contributed by atoms with Crippen molar-refractivity contribution in [2.45, 2.75) is 45.4 Å². The number of rotatable bonds is 8. The fourth-order valence-electron chi connectivity index (χ4n) is 5.10. The lowest BCUT2D eigenvalue weighted by Crippen LogP contribution is -2.48. The van der Waals surface area contributed by atoms with Crippen molar-refractivity contribution in [1.82, 2.24) is 19.4 Å². The molecule has 2 aliphatic heterocycles. The second-order valence-electron chi connectivity index (χ2n) is 9.76. The first-order valence-corrected chi connectivity index (χ1v) is 13.4. The third-order valence-corrected chi connectivity index (χ3v) is 8.66. The second-order valence-corrected chi connectivity index (χ2v) is 11.7. The van der Waals surface area contributed by atoms with Gasteiger partial charge in [0, 0.05) is 65.3 Å². The molecule has 180 valence electrons. The zero-order chi connectivity index (χ0) is 23.3. The van der Waals surface area contributed by atoms with E-state index in [4.69, 9.17) is 0 Å². The Morgan fingerprint density at radius 3 is 2.38 bits per heavy atom. The minimum Gasteiger partial charge on any atom is -0.340 e. The normalized spacial score (nSPS) is 23.0. The van der Waals surface area contributed by atoms with Gasteiger partial charge in [-0.1, -0.05) is 31.5 Å². The molecule has 0 unspecified atom stereocenters.